The van der Waals surface area contributed by atoms with E-state index in [1.807, 2.05) is 0 Å². The van der Waals surface area contributed by atoms with E-state index in [-0.39, 0.29) is 17.9 Å². The van der Waals surface area contributed by atoms with Crippen LogP contribution in [0.15, 0.2) is 36.4 Å². The number of hydrogen-bond acceptors (Lipinski definition) is 5. The molecule has 2 rings (SSSR count). The number of rotatable bonds is 7. The van der Waals surface area contributed by atoms with Crippen molar-refractivity contribution in [2.45, 2.75) is 13.2 Å². The Morgan fingerprint density at radius 1 is 1.27 bits per heavy atom. The molecule has 0 unspecified atom stereocenters. The second-order valence-corrected chi connectivity index (χ2v) is 5.40. The van der Waals surface area contributed by atoms with E-state index in [9.17, 15) is 23.7 Å². The van der Waals surface area contributed by atoms with Crippen LogP contribution in [0.5, 0.6) is 11.5 Å². The highest BCUT2D eigenvalue weighted by Gasteiger charge is 2.25. The number of methoxy groups -OCH3 is 1. The molecule has 1 amide bonds. The van der Waals surface area contributed by atoms with E-state index in [1.54, 1.807) is 24.3 Å². The molecule has 2 aromatic carbocycles. The van der Waals surface area contributed by atoms with Gasteiger partial charge in [-0.1, -0.05) is 23.7 Å². The summed E-state index contributed by atoms with van der Waals surface area (Å²) in [5.74, 6) is -1.54. The first-order valence-corrected chi connectivity index (χ1v) is 7.53. The summed E-state index contributed by atoms with van der Waals surface area (Å²) in [4.78, 5) is 22.7. The zero-order valence-corrected chi connectivity index (χ0v) is 14.1. The first-order chi connectivity index (χ1) is 12.3. The Bertz CT molecular complexity index is 815. The van der Waals surface area contributed by atoms with Crippen LogP contribution in [0.25, 0.3) is 0 Å². The lowest BCUT2D eigenvalue weighted by Crippen LogP contribution is -2.24. The number of carbonyl (C=O) groups is 1. The van der Waals surface area contributed by atoms with Gasteiger partial charge in [-0.3, -0.25) is 14.9 Å². The number of hydrogen-bond donors (Lipinski definition) is 1. The Kier molecular flexibility index (Phi) is 6.29. The van der Waals surface area contributed by atoms with Crippen molar-refractivity contribution in [1.29, 1.82) is 0 Å². The minimum Gasteiger partial charge on any atom is -0.493 e. The average molecular weight is 387 g/mol. The SMILES string of the molecule is COc1cc(C(=O)NCc2ccc(Cl)cc2)c([N+](=O)[O-])cc1OC(F)F. The van der Waals surface area contributed by atoms with E-state index in [4.69, 9.17) is 16.3 Å². The molecule has 0 saturated heterocycles. The number of ether oxygens (including phenoxy) is 2. The molecular weight excluding hydrogens is 374 g/mol. The van der Waals surface area contributed by atoms with Crippen LogP contribution in [0.1, 0.15) is 15.9 Å². The van der Waals surface area contributed by atoms with E-state index < -0.39 is 28.9 Å². The molecule has 0 saturated carbocycles. The summed E-state index contributed by atoms with van der Waals surface area (Å²) in [6.45, 7) is -3.11. The molecule has 138 valence electrons. The third kappa shape index (κ3) is 4.79. The van der Waals surface area contributed by atoms with Gasteiger partial charge in [0.05, 0.1) is 18.1 Å². The third-order valence-corrected chi connectivity index (χ3v) is 3.56. The molecule has 0 aliphatic carbocycles. The van der Waals surface area contributed by atoms with Crippen LogP contribution in [-0.4, -0.2) is 24.6 Å². The molecule has 2 aromatic rings. The van der Waals surface area contributed by atoms with Crippen LogP contribution in [0, 0.1) is 10.1 Å². The topological polar surface area (TPSA) is 90.7 Å². The predicted molar refractivity (Wildman–Crippen MR) is 88.9 cm³/mol. The standard InChI is InChI=1S/C16H13ClF2N2O5/c1-25-13-6-11(12(21(23)24)7-14(13)26-16(18)19)15(22)20-8-9-2-4-10(17)5-3-9/h2-7,16H,8H2,1H3,(H,20,22). The maximum atomic E-state index is 12.4. The van der Waals surface area contributed by atoms with Gasteiger partial charge in [0.1, 0.15) is 5.56 Å². The number of amides is 1. The van der Waals surface area contributed by atoms with E-state index >= 15 is 0 Å². The van der Waals surface area contributed by atoms with E-state index in [0.29, 0.717) is 5.02 Å². The Balaban J connectivity index is 2.29. The van der Waals surface area contributed by atoms with Gasteiger partial charge in [0.25, 0.3) is 11.6 Å². The van der Waals surface area contributed by atoms with E-state index in [1.165, 1.54) is 0 Å². The number of nitrogens with zero attached hydrogens (tertiary/aromatic N) is 1. The number of nitro benzene ring substituents is 1. The number of nitro groups is 1. The van der Waals surface area contributed by atoms with Gasteiger partial charge >= 0.3 is 6.61 Å². The lowest BCUT2D eigenvalue weighted by molar-refractivity contribution is -0.385. The van der Waals surface area contributed by atoms with Gasteiger partial charge in [0.2, 0.25) is 0 Å². The molecule has 0 atom stereocenters. The molecule has 7 nitrogen and oxygen atoms in total. The Hall–Kier alpha value is -2.94. The lowest BCUT2D eigenvalue weighted by atomic mass is 10.1. The minimum atomic E-state index is -3.20. The van der Waals surface area contributed by atoms with Crippen LogP contribution in [0.3, 0.4) is 0 Å². The molecule has 0 heterocycles. The Morgan fingerprint density at radius 3 is 2.46 bits per heavy atom. The quantitative estimate of drug-likeness (QED) is 0.577. The number of halogens is 3. The molecule has 10 heteroatoms. The van der Waals surface area contributed by atoms with Gasteiger partial charge in [-0.15, -0.1) is 0 Å². The molecule has 26 heavy (non-hydrogen) atoms. The molecule has 0 radical (unpaired) electrons. The first-order valence-electron chi connectivity index (χ1n) is 7.15. The minimum absolute atomic E-state index is 0.0881. The van der Waals surface area contributed by atoms with Gasteiger partial charge < -0.3 is 14.8 Å². The zero-order valence-electron chi connectivity index (χ0n) is 13.4. The smallest absolute Gasteiger partial charge is 0.387 e. The molecule has 0 aromatic heterocycles. The highest BCUT2D eigenvalue weighted by Crippen LogP contribution is 2.35. The van der Waals surface area contributed by atoms with E-state index in [0.717, 1.165) is 24.8 Å². The van der Waals surface area contributed by atoms with Gasteiger partial charge in [0.15, 0.2) is 11.5 Å². The Morgan fingerprint density at radius 2 is 1.92 bits per heavy atom. The molecule has 0 bridgehead atoms. The summed E-state index contributed by atoms with van der Waals surface area (Å²) >= 11 is 5.77. The van der Waals surface area contributed by atoms with Crippen molar-refractivity contribution in [2.24, 2.45) is 0 Å². The summed E-state index contributed by atoms with van der Waals surface area (Å²) in [5.41, 5.74) is -0.312. The molecule has 0 aliphatic rings. The number of carbonyl (C=O) groups excluding carboxylic acids is 1. The van der Waals surface area contributed by atoms with E-state index in [2.05, 4.69) is 10.1 Å². The summed E-state index contributed by atoms with van der Waals surface area (Å²) in [7, 11) is 1.16. The van der Waals surface area contributed by atoms with Crippen molar-refractivity contribution in [3.05, 3.63) is 62.7 Å². The van der Waals surface area contributed by atoms with Crippen molar-refractivity contribution < 1.29 is 28.0 Å². The molecular formula is C16H13ClF2N2O5. The largest absolute Gasteiger partial charge is 0.493 e. The number of nitrogens with one attached hydrogen (secondary N) is 1. The zero-order chi connectivity index (χ0) is 19.3. The summed E-state index contributed by atoms with van der Waals surface area (Å²) in [5, 5.41) is 14.2. The maximum Gasteiger partial charge on any atom is 0.387 e. The van der Waals surface area contributed by atoms with Crippen LogP contribution in [0.2, 0.25) is 5.02 Å². The predicted octanol–water partition coefficient (Wildman–Crippen LogP) is 3.79. The molecule has 1 N–H and O–H groups in total. The number of alkyl halides is 2. The normalized spacial score (nSPS) is 10.5. The molecule has 0 aliphatic heterocycles. The maximum absolute atomic E-state index is 12.4. The second-order valence-electron chi connectivity index (χ2n) is 4.96. The monoisotopic (exact) mass is 386 g/mol. The van der Waals surface area contributed by atoms with Crippen molar-refractivity contribution in [3.8, 4) is 11.5 Å². The highest BCUT2D eigenvalue weighted by atomic mass is 35.5. The summed E-state index contributed by atoms with van der Waals surface area (Å²) in [6, 6.07) is 8.32. The fraction of sp³-hybridized carbons (Fsp3) is 0.188. The van der Waals surface area contributed by atoms with Gasteiger partial charge in [0, 0.05) is 17.6 Å². The van der Waals surface area contributed by atoms with Crippen molar-refractivity contribution in [3.63, 3.8) is 0 Å². The molecule has 0 spiro atoms. The van der Waals surface area contributed by atoms with Crippen LogP contribution in [0.4, 0.5) is 14.5 Å². The third-order valence-electron chi connectivity index (χ3n) is 3.31. The van der Waals surface area contributed by atoms with Crippen LogP contribution < -0.4 is 14.8 Å². The Labute approximate surface area is 151 Å². The number of benzene rings is 2. The lowest BCUT2D eigenvalue weighted by Gasteiger charge is -2.12. The van der Waals surface area contributed by atoms with Crippen molar-refractivity contribution >= 4 is 23.2 Å². The van der Waals surface area contributed by atoms with Crippen molar-refractivity contribution in [1.82, 2.24) is 5.32 Å². The molecule has 0 fully saturated rings. The fourth-order valence-electron chi connectivity index (χ4n) is 2.11. The second kappa shape index (κ2) is 8.43. The van der Waals surface area contributed by atoms with Gasteiger partial charge in [-0.2, -0.15) is 8.78 Å². The first kappa shape index (κ1) is 19.4. The van der Waals surface area contributed by atoms with Crippen LogP contribution in [-0.2, 0) is 6.54 Å². The van der Waals surface area contributed by atoms with Gasteiger partial charge in [-0.05, 0) is 17.7 Å². The summed E-state index contributed by atoms with van der Waals surface area (Å²) < 4.78 is 33.9. The van der Waals surface area contributed by atoms with Crippen molar-refractivity contribution in [2.75, 3.05) is 7.11 Å². The fourth-order valence-corrected chi connectivity index (χ4v) is 2.24. The average Bonchev–Trinajstić information content (AvgIpc) is 2.60. The highest BCUT2D eigenvalue weighted by molar-refractivity contribution is 6.30. The summed E-state index contributed by atoms with van der Waals surface area (Å²) in [6.07, 6.45) is 0. The van der Waals surface area contributed by atoms with Crippen LogP contribution >= 0.6 is 11.6 Å². The van der Waals surface area contributed by atoms with Gasteiger partial charge in [-0.25, -0.2) is 0 Å².